The van der Waals surface area contributed by atoms with Crippen LogP contribution in [0.25, 0.3) is 0 Å². The summed E-state index contributed by atoms with van der Waals surface area (Å²) in [7, 11) is 0. The minimum absolute atomic E-state index is 0. The van der Waals surface area contributed by atoms with E-state index in [1.165, 1.54) is 12.3 Å². The molecule has 0 amide bonds. The predicted molar refractivity (Wildman–Crippen MR) is 46.1 cm³/mol. The summed E-state index contributed by atoms with van der Waals surface area (Å²) in [4.78, 5) is 3.41. The summed E-state index contributed by atoms with van der Waals surface area (Å²) in [6.45, 7) is 0.235. The van der Waals surface area contributed by atoms with Crippen molar-refractivity contribution in [3.8, 4) is 5.88 Å². The molecular formula is C7H8ClF3N2O. The normalized spacial score (nSPS) is 10.6. The van der Waals surface area contributed by atoms with Crippen molar-refractivity contribution in [3.05, 3.63) is 23.9 Å². The summed E-state index contributed by atoms with van der Waals surface area (Å²) < 4.78 is 38.5. The van der Waals surface area contributed by atoms with Gasteiger partial charge in [0.25, 0.3) is 0 Å². The molecule has 0 aliphatic rings. The van der Waals surface area contributed by atoms with Gasteiger partial charge in [0.05, 0.1) is 0 Å². The zero-order chi connectivity index (χ0) is 9.90. The van der Waals surface area contributed by atoms with Gasteiger partial charge in [0.2, 0.25) is 5.88 Å². The molecule has 0 aromatic carbocycles. The van der Waals surface area contributed by atoms with Crippen LogP contribution in [-0.2, 0) is 6.54 Å². The first-order valence-electron chi connectivity index (χ1n) is 3.42. The van der Waals surface area contributed by atoms with Crippen molar-refractivity contribution in [1.29, 1.82) is 0 Å². The van der Waals surface area contributed by atoms with Crippen LogP contribution in [0.2, 0.25) is 0 Å². The van der Waals surface area contributed by atoms with Crippen LogP contribution in [0.1, 0.15) is 5.56 Å². The van der Waals surface area contributed by atoms with Crippen LogP contribution < -0.4 is 10.5 Å². The minimum atomic E-state index is -4.70. The molecule has 0 saturated heterocycles. The second-order valence-corrected chi connectivity index (χ2v) is 2.26. The molecule has 1 aromatic rings. The number of hydrogen-bond donors (Lipinski definition) is 1. The Hall–Kier alpha value is -1.01. The zero-order valence-electron chi connectivity index (χ0n) is 6.91. The Morgan fingerprint density at radius 1 is 1.36 bits per heavy atom. The molecule has 0 bridgehead atoms. The molecule has 1 aromatic heterocycles. The molecule has 0 saturated carbocycles. The van der Waals surface area contributed by atoms with Gasteiger partial charge in [-0.25, -0.2) is 4.98 Å². The van der Waals surface area contributed by atoms with Crippen molar-refractivity contribution in [2.75, 3.05) is 0 Å². The van der Waals surface area contributed by atoms with E-state index >= 15 is 0 Å². The van der Waals surface area contributed by atoms with Crippen molar-refractivity contribution in [1.82, 2.24) is 4.98 Å². The molecular weight excluding hydrogens is 221 g/mol. The highest BCUT2D eigenvalue weighted by atomic mass is 35.5. The lowest BCUT2D eigenvalue weighted by Crippen LogP contribution is -2.17. The molecule has 1 rings (SSSR count). The average molecular weight is 229 g/mol. The first-order chi connectivity index (χ1) is 6.01. The van der Waals surface area contributed by atoms with Crippen LogP contribution in [0, 0.1) is 0 Å². The SMILES string of the molecule is Cl.NCc1ccc(OC(F)(F)F)nc1. The Balaban J connectivity index is 0.00000169. The van der Waals surface area contributed by atoms with Crippen molar-refractivity contribution in [2.45, 2.75) is 12.9 Å². The molecule has 0 aliphatic heterocycles. The van der Waals surface area contributed by atoms with Crippen LogP contribution in [0.3, 0.4) is 0 Å². The van der Waals surface area contributed by atoms with E-state index in [0.717, 1.165) is 6.07 Å². The third-order valence-corrected chi connectivity index (χ3v) is 1.25. The predicted octanol–water partition coefficient (Wildman–Crippen LogP) is 1.86. The van der Waals surface area contributed by atoms with Crippen molar-refractivity contribution < 1.29 is 17.9 Å². The number of rotatable bonds is 2. The molecule has 0 atom stereocenters. The fourth-order valence-electron chi connectivity index (χ4n) is 0.711. The van der Waals surface area contributed by atoms with Crippen LogP contribution in [-0.4, -0.2) is 11.3 Å². The first-order valence-corrected chi connectivity index (χ1v) is 3.42. The minimum Gasteiger partial charge on any atom is -0.388 e. The topological polar surface area (TPSA) is 48.1 Å². The lowest BCUT2D eigenvalue weighted by Gasteiger charge is -2.07. The summed E-state index contributed by atoms with van der Waals surface area (Å²) in [5, 5.41) is 0. The molecule has 80 valence electrons. The van der Waals surface area contributed by atoms with E-state index in [-0.39, 0.29) is 19.0 Å². The summed E-state index contributed by atoms with van der Waals surface area (Å²) in [6, 6.07) is 2.55. The van der Waals surface area contributed by atoms with Crippen molar-refractivity contribution in [3.63, 3.8) is 0 Å². The van der Waals surface area contributed by atoms with E-state index < -0.39 is 12.2 Å². The number of nitrogens with zero attached hydrogens (tertiary/aromatic N) is 1. The maximum atomic E-state index is 11.6. The standard InChI is InChI=1S/C7H7F3N2O.ClH/c8-7(9,10)13-6-2-1-5(3-11)4-12-6;/h1-2,4H,3,11H2;1H. The Kier molecular flexibility index (Phi) is 4.65. The smallest absolute Gasteiger partial charge is 0.388 e. The highest BCUT2D eigenvalue weighted by Crippen LogP contribution is 2.20. The maximum Gasteiger partial charge on any atom is 0.574 e. The monoisotopic (exact) mass is 228 g/mol. The summed E-state index contributed by atoms with van der Waals surface area (Å²) >= 11 is 0. The molecule has 1 heterocycles. The third kappa shape index (κ3) is 4.29. The van der Waals surface area contributed by atoms with Gasteiger partial charge in [0.15, 0.2) is 0 Å². The molecule has 0 fully saturated rings. The van der Waals surface area contributed by atoms with E-state index in [9.17, 15) is 13.2 Å². The average Bonchev–Trinajstić information content (AvgIpc) is 2.03. The molecule has 0 aliphatic carbocycles. The van der Waals surface area contributed by atoms with Gasteiger partial charge in [-0.2, -0.15) is 0 Å². The van der Waals surface area contributed by atoms with Gasteiger partial charge in [-0.1, -0.05) is 6.07 Å². The lowest BCUT2D eigenvalue weighted by atomic mass is 10.3. The lowest BCUT2D eigenvalue weighted by molar-refractivity contribution is -0.276. The second-order valence-electron chi connectivity index (χ2n) is 2.26. The number of pyridine rings is 1. The maximum absolute atomic E-state index is 11.6. The number of halogens is 4. The quantitative estimate of drug-likeness (QED) is 0.841. The third-order valence-electron chi connectivity index (χ3n) is 1.25. The molecule has 0 spiro atoms. The molecule has 3 nitrogen and oxygen atoms in total. The molecule has 7 heteroatoms. The van der Waals surface area contributed by atoms with Gasteiger partial charge in [0, 0.05) is 18.8 Å². The second kappa shape index (κ2) is 5.02. The van der Waals surface area contributed by atoms with Gasteiger partial charge < -0.3 is 10.5 Å². The van der Waals surface area contributed by atoms with Crippen LogP contribution in [0.15, 0.2) is 18.3 Å². The van der Waals surface area contributed by atoms with E-state index in [0.29, 0.717) is 5.56 Å². The van der Waals surface area contributed by atoms with Gasteiger partial charge in [-0.05, 0) is 5.56 Å². The summed E-state index contributed by atoms with van der Waals surface area (Å²) in [5.41, 5.74) is 5.87. The molecule has 14 heavy (non-hydrogen) atoms. The van der Waals surface area contributed by atoms with Crippen molar-refractivity contribution >= 4 is 12.4 Å². The van der Waals surface area contributed by atoms with Gasteiger partial charge in [-0.3, -0.25) is 0 Å². The zero-order valence-corrected chi connectivity index (χ0v) is 7.73. The Bertz CT molecular complexity index is 275. The Labute approximate surface area is 84.5 Å². The number of ether oxygens (including phenoxy) is 1. The largest absolute Gasteiger partial charge is 0.574 e. The van der Waals surface area contributed by atoms with E-state index in [2.05, 4.69) is 9.72 Å². The van der Waals surface area contributed by atoms with Crippen LogP contribution in [0.5, 0.6) is 5.88 Å². The van der Waals surface area contributed by atoms with E-state index in [1.54, 1.807) is 0 Å². The van der Waals surface area contributed by atoms with Crippen LogP contribution in [0.4, 0.5) is 13.2 Å². The van der Waals surface area contributed by atoms with E-state index in [4.69, 9.17) is 5.73 Å². The van der Waals surface area contributed by atoms with E-state index in [1.807, 2.05) is 0 Å². The van der Waals surface area contributed by atoms with Crippen molar-refractivity contribution in [2.24, 2.45) is 5.73 Å². The Morgan fingerprint density at radius 3 is 2.36 bits per heavy atom. The number of hydrogen-bond acceptors (Lipinski definition) is 3. The fourth-order valence-corrected chi connectivity index (χ4v) is 0.711. The highest BCUT2D eigenvalue weighted by Gasteiger charge is 2.31. The first kappa shape index (κ1) is 13.0. The Morgan fingerprint density at radius 2 is 2.00 bits per heavy atom. The summed E-state index contributed by atoms with van der Waals surface area (Å²) in [6.07, 6.45) is -3.46. The van der Waals surface area contributed by atoms with Gasteiger partial charge in [-0.15, -0.1) is 25.6 Å². The number of nitrogens with two attached hydrogens (primary N) is 1. The molecule has 0 radical (unpaired) electrons. The molecule has 2 N–H and O–H groups in total. The highest BCUT2D eigenvalue weighted by molar-refractivity contribution is 5.85. The van der Waals surface area contributed by atoms with Gasteiger partial charge in [0.1, 0.15) is 0 Å². The number of aromatic nitrogens is 1. The fraction of sp³-hybridized carbons (Fsp3) is 0.286. The van der Waals surface area contributed by atoms with Gasteiger partial charge >= 0.3 is 6.36 Å². The van der Waals surface area contributed by atoms with Crippen LogP contribution >= 0.6 is 12.4 Å². The molecule has 0 unspecified atom stereocenters. The summed E-state index contributed by atoms with van der Waals surface area (Å²) in [5.74, 6) is -0.482. The number of alkyl halides is 3.